The highest BCUT2D eigenvalue weighted by atomic mass is 16.5. The maximum Gasteiger partial charge on any atom is 0.294 e. The Kier molecular flexibility index (Phi) is 5.42. The summed E-state index contributed by atoms with van der Waals surface area (Å²) in [7, 11) is 0. The molecule has 1 rings (SSSR count). The molecule has 0 aromatic carbocycles. The van der Waals surface area contributed by atoms with E-state index in [4.69, 9.17) is 9.15 Å². The van der Waals surface area contributed by atoms with Crippen LogP contribution in [-0.4, -0.2) is 24.6 Å². The third-order valence-electron chi connectivity index (χ3n) is 2.53. The van der Waals surface area contributed by atoms with Crippen LogP contribution in [0.3, 0.4) is 0 Å². The number of amides is 1. The first-order valence-corrected chi connectivity index (χ1v) is 6.10. The van der Waals surface area contributed by atoms with Crippen molar-refractivity contribution in [2.45, 2.75) is 33.7 Å². The monoisotopic (exact) mass is 252 g/mol. The van der Waals surface area contributed by atoms with Crippen molar-refractivity contribution >= 4 is 11.9 Å². The fourth-order valence-corrected chi connectivity index (χ4v) is 1.14. The van der Waals surface area contributed by atoms with Crippen molar-refractivity contribution in [2.24, 2.45) is 10.9 Å². The Morgan fingerprint density at radius 3 is 2.72 bits per heavy atom. The summed E-state index contributed by atoms with van der Waals surface area (Å²) in [6.07, 6.45) is 1.45. The quantitative estimate of drug-likeness (QED) is 0.661. The molecular formula is C13H20N2O3. The molecular weight excluding hydrogens is 232 g/mol. The number of nitrogens with one attached hydrogen (secondary N) is 1. The fraction of sp³-hybridized carbons (Fsp3) is 0.538. The van der Waals surface area contributed by atoms with Gasteiger partial charge in [-0.05, 0) is 31.9 Å². The zero-order chi connectivity index (χ0) is 13.5. The first kappa shape index (κ1) is 14.3. The Labute approximate surface area is 107 Å². The third kappa shape index (κ3) is 4.24. The van der Waals surface area contributed by atoms with E-state index in [2.05, 4.69) is 24.2 Å². The van der Waals surface area contributed by atoms with E-state index in [1.165, 1.54) is 6.26 Å². The lowest BCUT2D eigenvalue weighted by Gasteiger charge is -2.14. The van der Waals surface area contributed by atoms with Crippen LogP contribution in [0.1, 0.15) is 38.2 Å². The van der Waals surface area contributed by atoms with Crippen LogP contribution in [0.15, 0.2) is 27.8 Å². The number of rotatable bonds is 4. The number of nitrogens with zero attached hydrogens (tertiary/aromatic N) is 1. The molecule has 0 aliphatic rings. The van der Waals surface area contributed by atoms with Crippen LogP contribution in [-0.2, 0) is 4.74 Å². The van der Waals surface area contributed by atoms with Crippen molar-refractivity contribution in [3.05, 3.63) is 24.2 Å². The smallest absolute Gasteiger partial charge is 0.294 e. The van der Waals surface area contributed by atoms with Gasteiger partial charge in [0, 0.05) is 0 Å². The standard InChI is InChI=1S/C13H20N2O3/c1-5-17-13(14-10(4)9(2)3)15-12(16)11-7-6-8-18-11/h6-10H,5H2,1-4H3,(H,14,15,16)/t10-/m1/s1. The lowest BCUT2D eigenvalue weighted by molar-refractivity contribution is 0.0938. The van der Waals surface area contributed by atoms with Gasteiger partial charge in [0.2, 0.25) is 0 Å². The van der Waals surface area contributed by atoms with Gasteiger partial charge in [0.15, 0.2) is 5.76 Å². The summed E-state index contributed by atoms with van der Waals surface area (Å²) in [6.45, 7) is 8.39. The van der Waals surface area contributed by atoms with Crippen LogP contribution in [0.4, 0.5) is 0 Å². The number of amidine groups is 1. The summed E-state index contributed by atoms with van der Waals surface area (Å²) in [4.78, 5) is 16.1. The van der Waals surface area contributed by atoms with Gasteiger partial charge in [0.05, 0.1) is 18.9 Å². The van der Waals surface area contributed by atoms with Gasteiger partial charge in [0.1, 0.15) is 0 Å². The third-order valence-corrected chi connectivity index (χ3v) is 2.53. The van der Waals surface area contributed by atoms with Gasteiger partial charge in [-0.3, -0.25) is 10.1 Å². The first-order chi connectivity index (χ1) is 8.54. The molecule has 0 aliphatic heterocycles. The fourth-order valence-electron chi connectivity index (χ4n) is 1.14. The lowest BCUT2D eigenvalue weighted by Crippen LogP contribution is -2.33. The number of hydrogen-bond acceptors (Lipinski definition) is 4. The van der Waals surface area contributed by atoms with Crippen molar-refractivity contribution in [3.63, 3.8) is 0 Å². The number of carbonyl (C=O) groups excluding carboxylic acids is 1. The molecule has 1 amide bonds. The SMILES string of the molecule is CCOC(=N[C@H](C)C(C)C)NC(=O)c1ccco1. The second-order valence-electron chi connectivity index (χ2n) is 4.28. The predicted molar refractivity (Wildman–Crippen MR) is 69.5 cm³/mol. The topological polar surface area (TPSA) is 63.8 Å². The van der Waals surface area contributed by atoms with E-state index >= 15 is 0 Å². The van der Waals surface area contributed by atoms with Crippen LogP contribution in [0.5, 0.6) is 0 Å². The molecule has 100 valence electrons. The summed E-state index contributed by atoms with van der Waals surface area (Å²) in [5.74, 6) is 0.253. The lowest BCUT2D eigenvalue weighted by atomic mass is 10.1. The van der Waals surface area contributed by atoms with Gasteiger partial charge in [-0.1, -0.05) is 13.8 Å². The van der Waals surface area contributed by atoms with Crippen LogP contribution >= 0.6 is 0 Å². The van der Waals surface area contributed by atoms with Crippen LogP contribution in [0.25, 0.3) is 0 Å². The molecule has 0 saturated heterocycles. The molecule has 18 heavy (non-hydrogen) atoms. The largest absolute Gasteiger partial charge is 0.465 e. The Balaban J connectivity index is 2.71. The van der Waals surface area contributed by atoms with Crippen molar-refractivity contribution in [1.82, 2.24) is 5.32 Å². The Hall–Kier alpha value is -1.78. The minimum absolute atomic E-state index is 0.0726. The van der Waals surface area contributed by atoms with E-state index in [9.17, 15) is 4.79 Å². The molecule has 1 heterocycles. The predicted octanol–water partition coefficient (Wildman–Crippen LogP) is 2.45. The van der Waals surface area contributed by atoms with Gasteiger partial charge >= 0.3 is 0 Å². The highest BCUT2D eigenvalue weighted by Gasteiger charge is 2.14. The first-order valence-electron chi connectivity index (χ1n) is 6.10. The zero-order valence-electron chi connectivity index (χ0n) is 11.3. The van der Waals surface area contributed by atoms with Crippen LogP contribution in [0.2, 0.25) is 0 Å². The molecule has 1 aromatic rings. The van der Waals surface area contributed by atoms with Crippen molar-refractivity contribution in [1.29, 1.82) is 0 Å². The summed E-state index contributed by atoms with van der Waals surface area (Å²) in [6, 6.07) is 3.55. The molecule has 0 bridgehead atoms. The number of carbonyl (C=O) groups is 1. The van der Waals surface area contributed by atoms with E-state index in [0.717, 1.165) is 0 Å². The Morgan fingerprint density at radius 2 is 2.22 bits per heavy atom. The molecule has 0 unspecified atom stereocenters. The molecule has 5 nitrogen and oxygen atoms in total. The molecule has 0 radical (unpaired) electrons. The van der Waals surface area contributed by atoms with E-state index in [1.807, 2.05) is 13.8 Å². The highest BCUT2D eigenvalue weighted by Crippen LogP contribution is 2.06. The van der Waals surface area contributed by atoms with E-state index in [0.29, 0.717) is 12.5 Å². The molecule has 0 aliphatic carbocycles. The number of hydrogen-bond donors (Lipinski definition) is 1. The van der Waals surface area contributed by atoms with E-state index < -0.39 is 0 Å². The normalized spacial score (nSPS) is 13.5. The van der Waals surface area contributed by atoms with Gasteiger partial charge in [0.25, 0.3) is 11.9 Å². The minimum atomic E-state index is -0.358. The van der Waals surface area contributed by atoms with Gasteiger partial charge in [-0.15, -0.1) is 0 Å². The van der Waals surface area contributed by atoms with Gasteiger partial charge in [-0.25, -0.2) is 4.99 Å². The maximum atomic E-state index is 11.8. The second kappa shape index (κ2) is 6.83. The summed E-state index contributed by atoms with van der Waals surface area (Å²) in [5.41, 5.74) is 0. The molecule has 1 aromatic heterocycles. The summed E-state index contributed by atoms with van der Waals surface area (Å²) in [5, 5.41) is 2.60. The van der Waals surface area contributed by atoms with E-state index in [1.54, 1.807) is 12.1 Å². The molecule has 1 N–H and O–H groups in total. The van der Waals surface area contributed by atoms with Gasteiger partial charge < -0.3 is 9.15 Å². The molecule has 5 heteroatoms. The number of aliphatic imine (C=N–C) groups is 1. The van der Waals surface area contributed by atoms with Gasteiger partial charge in [-0.2, -0.15) is 0 Å². The average Bonchev–Trinajstić information content (AvgIpc) is 2.82. The highest BCUT2D eigenvalue weighted by molar-refractivity contribution is 6.02. The summed E-state index contributed by atoms with van der Waals surface area (Å²) >= 11 is 0. The zero-order valence-corrected chi connectivity index (χ0v) is 11.3. The molecule has 0 saturated carbocycles. The Morgan fingerprint density at radius 1 is 1.50 bits per heavy atom. The minimum Gasteiger partial charge on any atom is -0.465 e. The maximum absolute atomic E-state index is 11.8. The summed E-state index contributed by atoms with van der Waals surface area (Å²) < 4.78 is 10.3. The molecule has 0 fully saturated rings. The van der Waals surface area contributed by atoms with Crippen molar-refractivity contribution in [2.75, 3.05) is 6.61 Å². The molecule has 1 atom stereocenters. The second-order valence-corrected chi connectivity index (χ2v) is 4.28. The van der Waals surface area contributed by atoms with Crippen LogP contribution in [0, 0.1) is 5.92 Å². The number of ether oxygens (including phenoxy) is 1. The average molecular weight is 252 g/mol. The number of furan rings is 1. The van der Waals surface area contributed by atoms with Crippen LogP contribution < -0.4 is 5.32 Å². The molecule has 0 spiro atoms. The Bertz CT molecular complexity index is 396. The van der Waals surface area contributed by atoms with Crippen molar-refractivity contribution in [3.8, 4) is 0 Å². The van der Waals surface area contributed by atoms with Crippen molar-refractivity contribution < 1.29 is 13.9 Å². The van der Waals surface area contributed by atoms with E-state index in [-0.39, 0.29) is 23.7 Å².